The van der Waals surface area contributed by atoms with Gasteiger partial charge < -0.3 is 25.2 Å². The molecule has 2 saturated heterocycles. The van der Waals surface area contributed by atoms with Crippen molar-refractivity contribution in [2.75, 3.05) is 63.6 Å². The number of halogens is 3. The van der Waals surface area contributed by atoms with Crippen LogP contribution in [0.2, 0.25) is 0 Å². The zero-order valence-corrected chi connectivity index (χ0v) is 19.2. The lowest BCUT2D eigenvalue weighted by Crippen LogP contribution is -2.42. The summed E-state index contributed by atoms with van der Waals surface area (Å²) in [6.45, 7) is 5.35. The molecule has 2 aromatic heterocycles. The first-order chi connectivity index (χ1) is 16.2. The second kappa shape index (κ2) is 10.1. The van der Waals surface area contributed by atoms with Crippen LogP contribution >= 0.6 is 0 Å². The highest BCUT2D eigenvalue weighted by atomic mass is 19.4. The molecule has 1 atom stereocenters. The Morgan fingerprint density at radius 2 is 2.12 bits per heavy atom. The largest absolute Gasteiger partial charge is 0.421 e. The second-order valence-corrected chi connectivity index (χ2v) is 8.61. The average molecular weight is 483 g/mol. The molecule has 0 bridgehead atoms. The predicted octanol–water partition coefficient (Wildman–Crippen LogP) is 2.28. The highest BCUT2D eigenvalue weighted by Gasteiger charge is 2.35. The van der Waals surface area contributed by atoms with Crippen molar-refractivity contribution in [1.82, 2.24) is 29.5 Å². The summed E-state index contributed by atoms with van der Waals surface area (Å²) in [4.78, 5) is 23.6. The first-order valence-corrected chi connectivity index (χ1v) is 11.3. The number of aryl methyl sites for hydroxylation is 1. The summed E-state index contributed by atoms with van der Waals surface area (Å²) in [6.07, 6.45) is -0.534. The molecule has 2 aromatic rings. The summed E-state index contributed by atoms with van der Waals surface area (Å²) in [5, 5.41) is 10.3. The molecular formula is C21H29F3N8O2. The van der Waals surface area contributed by atoms with E-state index in [9.17, 15) is 18.0 Å². The van der Waals surface area contributed by atoms with Gasteiger partial charge in [-0.15, -0.1) is 0 Å². The van der Waals surface area contributed by atoms with Crippen molar-refractivity contribution in [3.8, 4) is 0 Å². The van der Waals surface area contributed by atoms with E-state index in [1.165, 1.54) is 0 Å². The summed E-state index contributed by atoms with van der Waals surface area (Å²) in [5.41, 5.74) is 0.413. The lowest BCUT2D eigenvalue weighted by Gasteiger charge is -2.26. The number of amides is 1. The Balaban J connectivity index is 1.43. The molecule has 1 unspecified atom stereocenters. The molecule has 4 rings (SSSR count). The van der Waals surface area contributed by atoms with Crippen LogP contribution in [0.3, 0.4) is 0 Å². The maximum Gasteiger partial charge on any atom is 0.421 e. The maximum atomic E-state index is 13.5. The van der Waals surface area contributed by atoms with Gasteiger partial charge in [-0.2, -0.15) is 23.3 Å². The van der Waals surface area contributed by atoms with Crippen LogP contribution in [-0.4, -0.2) is 88.4 Å². The number of carbonyl (C=O) groups excluding carboxylic acids is 1. The summed E-state index contributed by atoms with van der Waals surface area (Å²) in [7, 11) is 2.05. The van der Waals surface area contributed by atoms with Gasteiger partial charge in [-0.05, 0) is 33.4 Å². The Kier molecular flexibility index (Phi) is 7.22. The van der Waals surface area contributed by atoms with Crippen molar-refractivity contribution in [2.24, 2.45) is 0 Å². The van der Waals surface area contributed by atoms with E-state index >= 15 is 0 Å². The number of likely N-dealkylation sites (N-methyl/N-ethyl adjacent to an activating group) is 1. The Morgan fingerprint density at radius 1 is 1.29 bits per heavy atom. The fourth-order valence-electron chi connectivity index (χ4n) is 4.09. The highest BCUT2D eigenvalue weighted by Crippen LogP contribution is 2.34. The number of nitrogens with one attached hydrogen (secondary N) is 2. The molecule has 2 aliphatic heterocycles. The summed E-state index contributed by atoms with van der Waals surface area (Å²) < 4.78 is 47.5. The van der Waals surface area contributed by atoms with Crippen LogP contribution in [0.5, 0.6) is 0 Å². The molecular weight excluding hydrogens is 453 g/mol. The number of anilines is 3. The van der Waals surface area contributed by atoms with Crippen LogP contribution < -0.4 is 10.6 Å². The number of carbonyl (C=O) groups is 1. The lowest BCUT2D eigenvalue weighted by molar-refractivity contribution is -0.142. The molecule has 13 heteroatoms. The van der Waals surface area contributed by atoms with E-state index < -0.39 is 11.7 Å². The number of hydrogen-bond acceptors (Lipinski definition) is 8. The van der Waals surface area contributed by atoms with Gasteiger partial charge in [0.1, 0.15) is 18.0 Å². The number of morpholine rings is 1. The summed E-state index contributed by atoms with van der Waals surface area (Å²) in [6, 6.07) is 0.253. The fraction of sp³-hybridized carbons (Fsp3) is 0.619. The zero-order chi connectivity index (χ0) is 24.3. The van der Waals surface area contributed by atoms with E-state index in [0.717, 1.165) is 25.7 Å². The Morgan fingerprint density at radius 3 is 2.82 bits per heavy atom. The van der Waals surface area contributed by atoms with Crippen molar-refractivity contribution in [3.05, 3.63) is 23.7 Å². The third-order valence-corrected chi connectivity index (χ3v) is 5.98. The van der Waals surface area contributed by atoms with Crippen molar-refractivity contribution >= 4 is 23.4 Å². The molecule has 10 nitrogen and oxygen atoms in total. The van der Waals surface area contributed by atoms with Gasteiger partial charge in [-0.1, -0.05) is 0 Å². The third-order valence-electron chi connectivity index (χ3n) is 5.98. The highest BCUT2D eigenvalue weighted by molar-refractivity contribution is 5.77. The molecule has 2 aliphatic rings. The van der Waals surface area contributed by atoms with Crippen LogP contribution in [0.4, 0.5) is 30.6 Å². The molecule has 2 fully saturated rings. The van der Waals surface area contributed by atoms with Crippen LogP contribution in [0.25, 0.3) is 0 Å². The average Bonchev–Trinajstić information content (AvgIpc) is 3.37. The number of nitrogens with zero attached hydrogens (tertiary/aromatic N) is 6. The minimum Gasteiger partial charge on any atom is -0.370 e. The Bertz CT molecular complexity index is 1010. The minimum absolute atomic E-state index is 0.0417. The molecule has 2 N–H and O–H groups in total. The van der Waals surface area contributed by atoms with Gasteiger partial charge in [0.2, 0.25) is 11.9 Å². The number of rotatable bonds is 8. The number of ether oxygens (including phenoxy) is 1. The zero-order valence-electron chi connectivity index (χ0n) is 19.2. The summed E-state index contributed by atoms with van der Waals surface area (Å²) >= 11 is 0. The van der Waals surface area contributed by atoms with Gasteiger partial charge >= 0.3 is 6.18 Å². The van der Waals surface area contributed by atoms with Gasteiger partial charge in [0.15, 0.2) is 0 Å². The van der Waals surface area contributed by atoms with Crippen LogP contribution in [-0.2, 0) is 15.7 Å². The molecule has 4 heterocycles. The number of alkyl halides is 3. The quantitative estimate of drug-likeness (QED) is 0.553. The van der Waals surface area contributed by atoms with Gasteiger partial charge in [-0.3, -0.25) is 9.48 Å². The van der Waals surface area contributed by atoms with Crippen LogP contribution in [0.15, 0.2) is 12.4 Å². The van der Waals surface area contributed by atoms with E-state index in [4.69, 9.17) is 4.74 Å². The molecule has 34 heavy (non-hydrogen) atoms. The van der Waals surface area contributed by atoms with Gasteiger partial charge in [-0.25, -0.2) is 4.98 Å². The van der Waals surface area contributed by atoms with E-state index in [2.05, 4.69) is 37.6 Å². The topological polar surface area (TPSA) is 100 Å². The molecule has 0 aromatic carbocycles. The van der Waals surface area contributed by atoms with Gasteiger partial charge in [0, 0.05) is 38.6 Å². The predicted molar refractivity (Wildman–Crippen MR) is 119 cm³/mol. The van der Waals surface area contributed by atoms with Crippen molar-refractivity contribution in [2.45, 2.75) is 32.0 Å². The van der Waals surface area contributed by atoms with Crippen molar-refractivity contribution in [1.29, 1.82) is 0 Å². The maximum absolute atomic E-state index is 13.5. The molecule has 0 aliphatic carbocycles. The lowest BCUT2D eigenvalue weighted by atomic mass is 10.3. The van der Waals surface area contributed by atoms with Crippen molar-refractivity contribution in [3.63, 3.8) is 0 Å². The van der Waals surface area contributed by atoms with Gasteiger partial charge in [0.25, 0.3) is 0 Å². The number of likely N-dealkylation sites (tertiary alicyclic amines) is 1. The van der Waals surface area contributed by atoms with Gasteiger partial charge in [0.05, 0.1) is 24.0 Å². The minimum atomic E-state index is -4.60. The second-order valence-electron chi connectivity index (χ2n) is 8.61. The first-order valence-electron chi connectivity index (χ1n) is 11.3. The molecule has 0 radical (unpaired) electrons. The molecule has 186 valence electrons. The first kappa shape index (κ1) is 24.2. The normalized spacial score (nSPS) is 19.6. The number of hydrogen-bond donors (Lipinski definition) is 2. The van der Waals surface area contributed by atoms with E-state index in [1.807, 2.05) is 17.8 Å². The Hall–Kier alpha value is -2.93. The standard InChI is InChI=1S/C21H29F3N8O2/c1-14-17(12-32(29-14)15-4-7-30(2)11-15)27-20-26-10-16(21(22,23)24)19(28-20)25-5-3-6-31-8-9-34-13-18(31)33/h10,12,15H,3-9,11,13H2,1-2H3,(H2,25,26,27,28). The Labute approximate surface area is 195 Å². The monoisotopic (exact) mass is 482 g/mol. The van der Waals surface area contributed by atoms with Crippen LogP contribution in [0, 0.1) is 6.92 Å². The van der Waals surface area contributed by atoms with E-state index in [1.54, 1.807) is 4.90 Å². The fourth-order valence-corrected chi connectivity index (χ4v) is 4.09. The van der Waals surface area contributed by atoms with E-state index in [0.29, 0.717) is 37.5 Å². The number of aromatic nitrogens is 4. The van der Waals surface area contributed by atoms with E-state index in [-0.39, 0.29) is 36.9 Å². The molecule has 1 amide bonds. The smallest absolute Gasteiger partial charge is 0.370 e. The molecule has 0 spiro atoms. The third kappa shape index (κ3) is 5.76. The van der Waals surface area contributed by atoms with Crippen molar-refractivity contribution < 1.29 is 22.7 Å². The van der Waals surface area contributed by atoms with Crippen LogP contribution in [0.1, 0.15) is 30.1 Å². The molecule has 0 saturated carbocycles. The summed E-state index contributed by atoms with van der Waals surface area (Å²) in [5.74, 6) is -0.373. The SMILES string of the molecule is Cc1nn(C2CCN(C)C2)cc1Nc1ncc(C(F)(F)F)c(NCCCN2CCOCC2=O)n1.